The summed E-state index contributed by atoms with van der Waals surface area (Å²) in [5, 5.41) is 3.64. The Hall–Kier alpha value is -1.18. The van der Waals surface area contributed by atoms with Crippen LogP contribution in [0.1, 0.15) is 33.1 Å². The zero-order valence-corrected chi connectivity index (χ0v) is 11.0. The molecule has 0 bridgehead atoms. The molecule has 1 aromatic rings. The number of nitrogens with zero attached hydrogens (tertiary/aromatic N) is 1. The minimum atomic E-state index is 0.589. The minimum absolute atomic E-state index is 0.589. The van der Waals surface area contributed by atoms with Gasteiger partial charge in [-0.15, -0.1) is 0 Å². The van der Waals surface area contributed by atoms with Crippen molar-refractivity contribution in [1.29, 1.82) is 0 Å². The smallest absolute Gasteiger partial charge is 0.0596 e. The van der Waals surface area contributed by atoms with Gasteiger partial charge >= 0.3 is 0 Å². The maximum Gasteiger partial charge on any atom is 0.0596 e. The summed E-state index contributed by atoms with van der Waals surface area (Å²) in [4.78, 5) is 2.15. The molecule has 0 aliphatic rings. The predicted octanol–water partition coefficient (Wildman–Crippen LogP) is 3.74. The van der Waals surface area contributed by atoms with Crippen molar-refractivity contribution in [3.63, 3.8) is 0 Å². The van der Waals surface area contributed by atoms with Crippen LogP contribution in [0.4, 0.5) is 11.4 Å². The number of nitrogens with one attached hydrogen (secondary N) is 1. The van der Waals surface area contributed by atoms with Crippen molar-refractivity contribution in [3.05, 3.63) is 24.3 Å². The Kier molecular flexibility index (Phi) is 5.17. The highest BCUT2D eigenvalue weighted by atomic mass is 15.1. The molecule has 2 heteroatoms. The molecule has 0 aliphatic carbocycles. The lowest BCUT2D eigenvalue weighted by Crippen LogP contribution is -2.20. The molecule has 0 fully saturated rings. The summed E-state index contributed by atoms with van der Waals surface area (Å²) in [7, 11) is 4.17. The van der Waals surface area contributed by atoms with E-state index in [1.165, 1.54) is 30.6 Å². The van der Waals surface area contributed by atoms with E-state index in [1.54, 1.807) is 0 Å². The van der Waals surface area contributed by atoms with E-state index >= 15 is 0 Å². The molecule has 0 saturated heterocycles. The summed E-state index contributed by atoms with van der Waals surface area (Å²) in [6.07, 6.45) is 3.64. The van der Waals surface area contributed by atoms with Crippen LogP contribution in [0.5, 0.6) is 0 Å². The van der Waals surface area contributed by atoms with E-state index in [-0.39, 0.29) is 0 Å². The average Bonchev–Trinajstić information content (AvgIpc) is 2.29. The number of para-hydroxylation sites is 2. The van der Waals surface area contributed by atoms with Crippen LogP contribution in [0, 0.1) is 0 Å². The lowest BCUT2D eigenvalue weighted by Gasteiger charge is -2.23. The monoisotopic (exact) mass is 220 g/mol. The van der Waals surface area contributed by atoms with Crippen molar-refractivity contribution in [1.82, 2.24) is 0 Å². The van der Waals surface area contributed by atoms with Gasteiger partial charge in [0.05, 0.1) is 11.4 Å². The molecule has 0 heterocycles. The Morgan fingerprint density at radius 2 is 1.88 bits per heavy atom. The van der Waals surface area contributed by atoms with Gasteiger partial charge in [0.15, 0.2) is 0 Å². The van der Waals surface area contributed by atoms with Gasteiger partial charge in [-0.3, -0.25) is 0 Å². The molecule has 1 unspecified atom stereocenters. The topological polar surface area (TPSA) is 15.3 Å². The van der Waals surface area contributed by atoms with Gasteiger partial charge in [-0.2, -0.15) is 0 Å². The molecule has 2 nitrogen and oxygen atoms in total. The molecule has 90 valence electrons. The molecular weight excluding hydrogens is 196 g/mol. The second-order valence-electron chi connectivity index (χ2n) is 4.45. The zero-order valence-electron chi connectivity index (χ0n) is 11.0. The van der Waals surface area contributed by atoms with Crippen molar-refractivity contribution in [2.45, 2.75) is 39.2 Å². The Morgan fingerprint density at radius 1 is 1.19 bits per heavy atom. The van der Waals surface area contributed by atoms with Gasteiger partial charge in [0, 0.05) is 20.1 Å². The molecule has 0 spiro atoms. The number of benzene rings is 1. The third-order valence-electron chi connectivity index (χ3n) is 2.88. The molecule has 16 heavy (non-hydrogen) atoms. The number of hydrogen-bond donors (Lipinski definition) is 1. The van der Waals surface area contributed by atoms with E-state index in [2.05, 4.69) is 62.4 Å². The third-order valence-corrected chi connectivity index (χ3v) is 2.88. The molecule has 0 radical (unpaired) electrons. The average molecular weight is 220 g/mol. The Bertz CT molecular complexity index is 307. The molecule has 0 aromatic heterocycles. The largest absolute Gasteiger partial charge is 0.381 e. The molecular formula is C14H24N2. The van der Waals surface area contributed by atoms with E-state index in [9.17, 15) is 0 Å². The van der Waals surface area contributed by atoms with Crippen LogP contribution in [0.2, 0.25) is 0 Å². The Balaban J connectivity index is 2.78. The van der Waals surface area contributed by atoms with E-state index in [0.717, 1.165) is 0 Å². The minimum Gasteiger partial charge on any atom is -0.381 e. The first kappa shape index (κ1) is 12.9. The fourth-order valence-electron chi connectivity index (χ4n) is 1.93. The van der Waals surface area contributed by atoms with Crippen molar-refractivity contribution < 1.29 is 0 Å². The van der Waals surface area contributed by atoms with Crippen LogP contribution in [0.15, 0.2) is 24.3 Å². The normalized spacial score (nSPS) is 12.2. The van der Waals surface area contributed by atoms with Crippen LogP contribution in [0.25, 0.3) is 0 Å². The SMILES string of the molecule is CCCC(CC)Nc1ccccc1N(C)C. The summed E-state index contributed by atoms with van der Waals surface area (Å²) >= 11 is 0. The fraction of sp³-hybridized carbons (Fsp3) is 0.571. The first-order valence-electron chi connectivity index (χ1n) is 6.21. The van der Waals surface area contributed by atoms with Gasteiger partial charge in [0.25, 0.3) is 0 Å². The molecule has 0 aliphatic heterocycles. The summed E-state index contributed by atoms with van der Waals surface area (Å²) in [5.74, 6) is 0. The first-order valence-corrected chi connectivity index (χ1v) is 6.21. The summed E-state index contributed by atoms with van der Waals surface area (Å²) in [5.41, 5.74) is 2.50. The van der Waals surface area contributed by atoms with Crippen molar-refractivity contribution in [3.8, 4) is 0 Å². The van der Waals surface area contributed by atoms with Gasteiger partial charge in [0.1, 0.15) is 0 Å². The van der Waals surface area contributed by atoms with Crippen LogP contribution >= 0.6 is 0 Å². The highest BCUT2D eigenvalue weighted by Crippen LogP contribution is 2.25. The van der Waals surface area contributed by atoms with Crippen LogP contribution in [-0.4, -0.2) is 20.1 Å². The van der Waals surface area contributed by atoms with Crippen molar-refractivity contribution >= 4 is 11.4 Å². The Labute approximate surface area is 99.7 Å². The standard InChI is InChI=1S/C14H24N2/c1-5-9-12(6-2)15-13-10-7-8-11-14(13)16(3)4/h7-8,10-12,15H,5-6,9H2,1-4H3. The number of hydrogen-bond acceptors (Lipinski definition) is 2. The number of rotatable bonds is 6. The summed E-state index contributed by atoms with van der Waals surface area (Å²) < 4.78 is 0. The van der Waals surface area contributed by atoms with Gasteiger partial charge in [-0.1, -0.05) is 32.4 Å². The van der Waals surface area contributed by atoms with Crippen LogP contribution < -0.4 is 10.2 Å². The van der Waals surface area contributed by atoms with Gasteiger partial charge in [0.2, 0.25) is 0 Å². The summed E-state index contributed by atoms with van der Waals surface area (Å²) in [6.45, 7) is 4.48. The van der Waals surface area contributed by atoms with E-state index < -0.39 is 0 Å². The fourth-order valence-corrected chi connectivity index (χ4v) is 1.93. The van der Waals surface area contributed by atoms with Crippen LogP contribution in [0.3, 0.4) is 0 Å². The van der Waals surface area contributed by atoms with E-state index in [4.69, 9.17) is 0 Å². The lowest BCUT2D eigenvalue weighted by molar-refractivity contribution is 0.623. The molecule has 1 rings (SSSR count). The van der Waals surface area contributed by atoms with E-state index in [1.807, 2.05) is 0 Å². The second kappa shape index (κ2) is 6.41. The molecule has 1 atom stereocenters. The molecule has 1 aromatic carbocycles. The highest BCUT2D eigenvalue weighted by molar-refractivity contribution is 5.69. The predicted molar refractivity (Wildman–Crippen MR) is 73.4 cm³/mol. The van der Waals surface area contributed by atoms with E-state index in [0.29, 0.717) is 6.04 Å². The first-order chi connectivity index (χ1) is 7.69. The second-order valence-corrected chi connectivity index (χ2v) is 4.45. The van der Waals surface area contributed by atoms with Crippen molar-refractivity contribution in [2.24, 2.45) is 0 Å². The zero-order chi connectivity index (χ0) is 12.0. The maximum atomic E-state index is 3.64. The third kappa shape index (κ3) is 3.44. The maximum absolute atomic E-state index is 3.64. The van der Waals surface area contributed by atoms with Gasteiger partial charge in [-0.25, -0.2) is 0 Å². The quantitative estimate of drug-likeness (QED) is 0.785. The highest BCUT2D eigenvalue weighted by Gasteiger charge is 2.08. The molecule has 0 amide bonds. The Morgan fingerprint density at radius 3 is 2.44 bits per heavy atom. The van der Waals surface area contributed by atoms with Gasteiger partial charge < -0.3 is 10.2 Å². The van der Waals surface area contributed by atoms with Gasteiger partial charge in [-0.05, 0) is 25.0 Å². The molecule has 1 N–H and O–H groups in total. The lowest BCUT2D eigenvalue weighted by atomic mass is 10.1. The number of anilines is 2. The summed E-state index contributed by atoms with van der Waals surface area (Å²) in [6, 6.07) is 9.08. The van der Waals surface area contributed by atoms with Crippen molar-refractivity contribution in [2.75, 3.05) is 24.3 Å². The molecule has 0 saturated carbocycles. The van der Waals surface area contributed by atoms with Crippen LogP contribution in [-0.2, 0) is 0 Å².